The molecule has 1 aromatic carbocycles. The number of ether oxygens (including phenoxy) is 2. The summed E-state index contributed by atoms with van der Waals surface area (Å²) in [4.78, 5) is 34.7. The van der Waals surface area contributed by atoms with Crippen LogP contribution in [0.25, 0.3) is 0 Å². The molecule has 8 nitrogen and oxygen atoms in total. The highest BCUT2D eigenvalue weighted by atomic mass is 32.2. The second kappa shape index (κ2) is 7.51. The van der Waals surface area contributed by atoms with E-state index in [9.17, 15) is 36.0 Å². The summed E-state index contributed by atoms with van der Waals surface area (Å²) in [6.07, 6.45) is 0. The van der Waals surface area contributed by atoms with Crippen LogP contribution in [0.15, 0.2) is 24.3 Å². The molecule has 0 saturated heterocycles. The molecular weight excluding hydrogens is 371 g/mol. The third-order valence-corrected chi connectivity index (χ3v) is 4.36. The summed E-state index contributed by atoms with van der Waals surface area (Å²) in [6.45, 7) is -1.36. The van der Waals surface area contributed by atoms with Crippen LogP contribution < -0.4 is 4.31 Å². The lowest BCUT2D eigenvalue weighted by atomic mass is 10.1. The van der Waals surface area contributed by atoms with Crippen LogP contribution in [0.5, 0.6) is 0 Å². The number of rotatable bonds is 6. The maximum atomic E-state index is 12.9. The fourth-order valence-corrected chi connectivity index (χ4v) is 2.64. The van der Waals surface area contributed by atoms with Crippen molar-refractivity contribution in [1.29, 1.82) is 0 Å². The van der Waals surface area contributed by atoms with Crippen LogP contribution >= 0.6 is 0 Å². The summed E-state index contributed by atoms with van der Waals surface area (Å²) in [7, 11) is -4.35. The summed E-state index contributed by atoms with van der Waals surface area (Å²) >= 11 is 0. The Labute approximate surface area is 140 Å². The first-order chi connectivity index (χ1) is 11.5. The molecule has 0 amide bonds. The molecule has 12 heteroatoms. The van der Waals surface area contributed by atoms with Crippen LogP contribution in [-0.2, 0) is 29.1 Å². The third kappa shape index (κ3) is 4.26. The molecule has 0 unspecified atom stereocenters. The van der Waals surface area contributed by atoms with Crippen LogP contribution in [0.3, 0.4) is 0 Å². The zero-order valence-corrected chi connectivity index (χ0v) is 13.7. The zero-order valence-electron chi connectivity index (χ0n) is 12.9. The number of nitrogens with zero attached hydrogens (tertiary/aromatic N) is 1. The van der Waals surface area contributed by atoms with Gasteiger partial charge in [-0.2, -0.15) is 21.6 Å². The van der Waals surface area contributed by atoms with Gasteiger partial charge in [0.1, 0.15) is 6.54 Å². The summed E-state index contributed by atoms with van der Waals surface area (Å²) in [5, 5.41) is 0. The van der Waals surface area contributed by atoms with Crippen molar-refractivity contribution in [3.8, 4) is 0 Å². The number of benzene rings is 1. The molecule has 0 atom stereocenters. The number of hydrogen-bond donors (Lipinski definition) is 0. The highest BCUT2D eigenvalue weighted by molar-refractivity contribution is 7.93. The van der Waals surface area contributed by atoms with Gasteiger partial charge in [-0.05, 0) is 12.1 Å². The Morgan fingerprint density at radius 3 is 2.12 bits per heavy atom. The first-order valence-corrected chi connectivity index (χ1v) is 7.78. The van der Waals surface area contributed by atoms with Gasteiger partial charge in [-0.1, -0.05) is 12.1 Å². The predicted molar refractivity (Wildman–Crippen MR) is 77.1 cm³/mol. The molecule has 1 rings (SSSR count). The van der Waals surface area contributed by atoms with Gasteiger partial charge in [-0.3, -0.25) is 13.9 Å². The first-order valence-electron chi connectivity index (χ1n) is 6.34. The summed E-state index contributed by atoms with van der Waals surface area (Å²) in [5.41, 5.74) is -7.27. The minimum Gasteiger partial charge on any atom is -0.468 e. The maximum Gasteiger partial charge on any atom is 0.516 e. The topological polar surface area (TPSA) is 107 Å². The minimum absolute atomic E-state index is 0.352. The molecule has 0 heterocycles. The molecule has 0 fully saturated rings. The number of esters is 2. The van der Waals surface area contributed by atoms with Gasteiger partial charge in [0.2, 0.25) is 0 Å². The number of sulfonamides is 1. The highest BCUT2D eigenvalue weighted by Gasteiger charge is 2.51. The number of anilines is 1. The van der Waals surface area contributed by atoms with Crippen molar-refractivity contribution >= 4 is 33.4 Å². The monoisotopic (exact) mass is 383 g/mol. The third-order valence-electron chi connectivity index (χ3n) is 2.87. The molecule has 0 radical (unpaired) electrons. The number of halogens is 3. The second-order valence-electron chi connectivity index (χ2n) is 4.37. The quantitative estimate of drug-likeness (QED) is 0.408. The van der Waals surface area contributed by atoms with E-state index in [1.807, 2.05) is 0 Å². The van der Waals surface area contributed by atoms with Crippen molar-refractivity contribution in [2.45, 2.75) is 5.51 Å². The molecule has 0 N–H and O–H groups in total. The lowest BCUT2D eigenvalue weighted by Gasteiger charge is -2.25. The van der Waals surface area contributed by atoms with Gasteiger partial charge in [0.25, 0.3) is 5.78 Å². The molecule has 0 aliphatic carbocycles. The first kappa shape index (κ1) is 20.4. The number of Topliss-reactive ketones (excluding diaryl/α,β-unsaturated/α-hetero) is 1. The number of carbonyl (C=O) groups excluding carboxylic acids is 3. The van der Waals surface area contributed by atoms with Crippen LogP contribution in [0.4, 0.5) is 18.9 Å². The fourth-order valence-electron chi connectivity index (χ4n) is 1.69. The van der Waals surface area contributed by atoms with E-state index in [-0.39, 0.29) is 4.31 Å². The van der Waals surface area contributed by atoms with Crippen molar-refractivity contribution in [2.75, 3.05) is 25.1 Å². The lowest BCUT2D eigenvalue weighted by molar-refractivity contribution is -0.138. The van der Waals surface area contributed by atoms with E-state index in [2.05, 4.69) is 9.47 Å². The van der Waals surface area contributed by atoms with Crippen molar-refractivity contribution in [1.82, 2.24) is 0 Å². The molecule has 138 valence electrons. The highest BCUT2D eigenvalue weighted by Crippen LogP contribution is 2.32. The Kier molecular flexibility index (Phi) is 6.13. The summed E-state index contributed by atoms with van der Waals surface area (Å²) in [5.74, 6) is -4.12. The molecule has 1 aromatic rings. The van der Waals surface area contributed by atoms with E-state index in [1.54, 1.807) is 0 Å². The minimum atomic E-state index is -6.06. The Morgan fingerprint density at radius 2 is 1.64 bits per heavy atom. The number of carbonyl (C=O) groups is 3. The molecule has 25 heavy (non-hydrogen) atoms. The maximum absolute atomic E-state index is 12.9. The predicted octanol–water partition coefficient (Wildman–Crippen LogP) is 0.871. The average Bonchev–Trinajstić information content (AvgIpc) is 2.56. The van der Waals surface area contributed by atoms with E-state index in [0.29, 0.717) is 0 Å². The Hall–Kier alpha value is -2.63. The molecule has 0 aliphatic heterocycles. The zero-order chi connectivity index (χ0) is 19.4. The normalized spacial score (nSPS) is 11.6. The lowest BCUT2D eigenvalue weighted by Crippen LogP contribution is -2.44. The number of hydrogen-bond acceptors (Lipinski definition) is 7. The molecule has 0 spiro atoms. The molecule has 0 bridgehead atoms. The Balaban J connectivity index is 3.60. The molecule has 0 aromatic heterocycles. The number of para-hydroxylation sites is 1. The van der Waals surface area contributed by atoms with Crippen LogP contribution in [0.2, 0.25) is 0 Å². The van der Waals surface area contributed by atoms with Gasteiger partial charge in [0.15, 0.2) is 0 Å². The van der Waals surface area contributed by atoms with E-state index in [1.165, 1.54) is 6.07 Å². The van der Waals surface area contributed by atoms with E-state index < -0.39 is 51.0 Å². The van der Waals surface area contributed by atoms with Gasteiger partial charge >= 0.3 is 27.5 Å². The second-order valence-corrected chi connectivity index (χ2v) is 6.23. The molecular formula is C13H12F3NO7S. The number of ketones is 1. The van der Waals surface area contributed by atoms with E-state index >= 15 is 0 Å². The largest absolute Gasteiger partial charge is 0.516 e. The smallest absolute Gasteiger partial charge is 0.468 e. The number of methoxy groups -OCH3 is 2. The average molecular weight is 383 g/mol. The fraction of sp³-hybridized carbons (Fsp3) is 0.308. The van der Waals surface area contributed by atoms with Crippen LogP contribution in [0, 0.1) is 0 Å². The van der Waals surface area contributed by atoms with Crippen LogP contribution in [-0.4, -0.2) is 52.4 Å². The standard InChI is InChI=1S/C13H12F3NO7S/c1-23-10(18)7-17(25(21,22)13(14,15)16)9-6-4-3-5-8(9)11(19)12(20)24-2/h3-6H,7H2,1-2H3. The Bertz CT molecular complexity index is 789. The van der Waals surface area contributed by atoms with Gasteiger partial charge in [-0.15, -0.1) is 0 Å². The van der Waals surface area contributed by atoms with Crippen molar-refractivity contribution < 1.29 is 45.4 Å². The molecule has 0 saturated carbocycles. The van der Waals surface area contributed by atoms with Crippen molar-refractivity contribution in [3.05, 3.63) is 29.8 Å². The van der Waals surface area contributed by atoms with Gasteiger partial charge in [0, 0.05) is 0 Å². The number of alkyl halides is 3. The van der Waals surface area contributed by atoms with Gasteiger partial charge in [-0.25, -0.2) is 4.79 Å². The van der Waals surface area contributed by atoms with Crippen LogP contribution in [0.1, 0.15) is 10.4 Å². The Morgan fingerprint density at radius 1 is 1.08 bits per heavy atom. The summed E-state index contributed by atoms with van der Waals surface area (Å²) in [6, 6.07) is 4.07. The van der Waals surface area contributed by atoms with E-state index in [4.69, 9.17) is 0 Å². The van der Waals surface area contributed by atoms with Crippen molar-refractivity contribution in [3.63, 3.8) is 0 Å². The molecule has 0 aliphatic rings. The van der Waals surface area contributed by atoms with E-state index in [0.717, 1.165) is 32.4 Å². The summed E-state index contributed by atoms with van der Waals surface area (Å²) < 4.78 is 70.4. The SMILES string of the molecule is COC(=O)CN(c1ccccc1C(=O)C(=O)OC)S(=O)(=O)C(F)(F)F. The van der Waals surface area contributed by atoms with Gasteiger partial charge < -0.3 is 9.47 Å². The van der Waals surface area contributed by atoms with Crippen molar-refractivity contribution in [2.24, 2.45) is 0 Å². The van der Waals surface area contributed by atoms with Gasteiger partial charge in [0.05, 0.1) is 25.5 Å².